The molecule has 2 rings (SSSR count). The normalized spacial score (nSPS) is 15.9. The van der Waals surface area contributed by atoms with Crippen molar-refractivity contribution in [1.82, 2.24) is 0 Å². The minimum absolute atomic E-state index is 0.247. The molecule has 0 amide bonds. The summed E-state index contributed by atoms with van der Waals surface area (Å²) in [6.07, 6.45) is 5.81. The lowest BCUT2D eigenvalue weighted by molar-refractivity contribution is 0.119. The van der Waals surface area contributed by atoms with Crippen molar-refractivity contribution in [3.8, 4) is 5.75 Å². The van der Waals surface area contributed by atoms with Crippen molar-refractivity contribution in [2.24, 2.45) is 0 Å². The Morgan fingerprint density at radius 2 is 2.19 bits per heavy atom. The van der Waals surface area contributed by atoms with E-state index in [-0.39, 0.29) is 6.61 Å². The monoisotopic (exact) mass is 220 g/mol. The van der Waals surface area contributed by atoms with Crippen LogP contribution in [0.4, 0.5) is 0 Å². The predicted molar refractivity (Wildman–Crippen MR) is 64.9 cm³/mol. The maximum Gasteiger partial charge on any atom is 0.122 e. The SMILES string of the molecule is Cc1ccc(OC2CCC2)c(CCCO)c1. The van der Waals surface area contributed by atoms with Crippen molar-refractivity contribution in [3.63, 3.8) is 0 Å². The molecule has 1 aliphatic rings. The van der Waals surface area contributed by atoms with Crippen LogP contribution in [0.2, 0.25) is 0 Å². The second kappa shape index (κ2) is 5.35. The van der Waals surface area contributed by atoms with Gasteiger partial charge in [0.25, 0.3) is 0 Å². The van der Waals surface area contributed by atoms with Crippen LogP contribution < -0.4 is 4.74 Å². The zero-order chi connectivity index (χ0) is 11.4. The molecule has 1 N–H and O–H groups in total. The molecular weight excluding hydrogens is 200 g/mol. The number of hydrogen-bond acceptors (Lipinski definition) is 2. The minimum atomic E-state index is 0.247. The van der Waals surface area contributed by atoms with Gasteiger partial charge in [-0.1, -0.05) is 17.7 Å². The van der Waals surface area contributed by atoms with E-state index < -0.39 is 0 Å². The van der Waals surface area contributed by atoms with Crippen LogP contribution in [-0.4, -0.2) is 17.8 Å². The Morgan fingerprint density at radius 3 is 2.81 bits per heavy atom. The smallest absolute Gasteiger partial charge is 0.122 e. The predicted octanol–water partition coefficient (Wildman–Crippen LogP) is 2.85. The van der Waals surface area contributed by atoms with Crippen LogP contribution in [0, 0.1) is 6.92 Å². The van der Waals surface area contributed by atoms with E-state index in [1.54, 1.807) is 0 Å². The van der Waals surface area contributed by atoms with Crippen LogP contribution in [0.1, 0.15) is 36.8 Å². The van der Waals surface area contributed by atoms with E-state index >= 15 is 0 Å². The van der Waals surface area contributed by atoms with E-state index in [2.05, 4.69) is 25.1 Å². The van der Waals surface area contributed by atoms with Gasteiger partial charge in [0, 0.05) is 6.61 Å². The van der Waals surface area contributed by atoms with E-state index in [1.807, 2.05) is 0 Å². The van der Waals surface area contributed by atoms with Crippen LogP contribution >= 0.6 is 0 Å². The average molecular weight is 220 g/mol. The summed E-state index contributed by atoms with van der Waals surface area (Å²) in [5, 5.41) is 8.89. The third-order valence-corrected chi connectivity index (χ3v) is 3.17. The Labute approximate surface area is 97.3 Å². The second-order valence-electron chi connectivity index (χ2n) is 4.61. The van der Waals surface area contributed by atoms with E-state index in [1.165, 1.54) is 30.4 Å². The first-order valence-electron chi connectivity index (χ1n) is 6.16. The molecule has 2 nitrogen and oxygen atoms in total. The second-order valence-corrected chi connectivity index (χ2v) is 4.61. The van der Waals surface area contributed by atoms with Gasteiger partial charge in [-0.05, 0) is 50.7 Å². The lowest BCUT2D eigenvalue weighted by Crippen LogP contribution is -2.25. The highest BCUT2D eigenvalue weighted by Gasteiger charge is 2.20. The van der Waals surface area contributed by atoms with E-state index in [0.29, 0.717) is 6.10 Å². The van der Waals surface area contributed by atoms with Crippen molar-refractivity contribution >= 4 is 0 Å². The molecule has 0 bridgehead atoms. The molecule has 2 heteroatoms. The van der Waals surface area contributed by atoms with E-state index in [4.69, 9.17) is 9.84 Å². The van der Waals surface area contributed by atoms with Gasteiger partial charge in [0.1, 0.15) is 5.75 Å². The van der Waals surface area contributed by atoms with Gasteiger partial charge < -0.3 is 9.84 Å². The fraction of sp³-hybridized carbons (Fsp3) is 0.571. The van der Waals surface area contributed by atoms with Gasteiger partial charge in [0.2, 0.25) is 0 Å². The number of aliphatic hydroxyl groups is 1. The zero-order valence-corrected chi connectivity index (χ0v) is 9.91. The van der Waals surface area contributed by atoms with Crippen molar-refractivity contribution in [3.05, 3.63) is 29.3 Å². The van der Waals surface area contributed by atoms with E-state index in [0.717, 1.165) is 18.6 Å². The molecule has 1 fully saturated rings. The first-order chi connectivity index (χ1) is 7.79. The number of ether oxygens (including phenoxy) is 1. The standard InChI is InChI=1S/C14H20O2/c1-11-7-8-14(16-13-5-2-6-13)12(10-11)4-3-9-15/h7-8,10,13,15H,2-6,9H2,1H3. The van der Waals surface area contributed by atoms with Gasteiger partial charge >= 0.3 is 0 Å². The molecule has 0 aromatic heterocycles. The Hall–Kier alpha value is -1.02. The number of benzene rings is 1. The molecule has 1 aromatic rings. The van der Waals surface area contributed by atoms with Gasteiger partial charge in [0.05, 0.1) is 6.10 Å². The van der Waals surface area contributed by atoms with Crippen LogP contribution in [0.25, 0.3) is 0 Å². The van der Waals surface area contributed by atoms with Gasteiger partial charge in [-0.3, -0.25) is 0 Å². The summed E-state index contributed by atoms with van der Waals surface area (Å²) < 4.78 is 5.95. The molecule has 88 valence electrons. The lowest BCUT2D eigenvalue weighted by atomic mass is 9.96. The molecule has 1 aliphatic carbocycles. The van der Waals surface area contributed by atoms with Crippen molar-refractivity contribution in [2.75, 3.05) is 6.61 Å². The van der Waals surface area contributed by atoms with Gasteiger partial charge in [-0.2, -0.15) is 0 Å². The summed E-state index contributed by atoms with van der Waals surface area (Å²) in [4.78, 5) is 0. The molecule has 16 heavy (non-hydrogen) atoms. The molecule has 0 radical (unpaired) electrons. The lowest BCUT2D eigenvalue weighted by Gasteiger charge is -2.27. The fourth-order valence-corrected chi connectivity index (χ4v) is 1.96. The van der Waals surface area contributed by atoms with Gasteiger partial charge in [-0.25, -0.2) is 0 Å². The highest BCUT2D eigenvalue weighted by molar-refractivity contribution is 5.37. The third kappa shape index (κ3) is 2.76. The fourth-order valence-electron chi connectivity index (χ4n) is 1.96. The van der Waals surface area contributed by atoms with Crippen LogP contribution in [-0.2, 0) is 6.42 Å². The summed E-state index contributed by atoms with van der Waals surface area (Å²) in [5.74, 6) is 1.02. The Kier molecular flexibility index (Phi) is 3.83. The summed E-state index contributed by atoms with van der Waals surface area (Å²) in [5.41, 5.74) is 2.50. The summed E-state index contributed by atoms with van der Waals surface area (Å²) in [6, 6.07) is 6.33. The molecule has 0 spiro atoms. The molecule has 1 aromatic carbocycles. The highest BCUT2D eigenvalue weighted by Crippen LogP contribution is 2.28. The third-order valence-electron chi connectivity index (χ3n) is 3.17. The zero-order valence-electron chi connectivity index (χ0n) is 9.91. The Balaban J connectivity index is 2.07. The van der Waals surface area contributed by atoms with Crippen molar-refractivity contribution < 1.29 is 9.84 Å². The topological polar surface area (TPSA) is 29.5 Å². The quantitative estimate of drug-likeness (QED) is 0.826. The largest absolute Gasteiger partial charge is 0.490 e. The van der Waals surface area contributed by atoms with Crippen molar-refractivity contribution in [1.29, 1.82) is 0 Å². The summed E-state index contributed by atoms with van der Waals surface area (Å²) >= 11 is 0. The molecule has 0 saturated heterocycles. The Bertz CT molecular complexity index is 343. The minimum Gasteiger partial charge on any atom is -0.490 e. The first kappa shape index (κ1) is 11.5. The first-order valence-corrected chi connectivity index (χ1v) is 6.16. The number of rotatable bonds is 5. The maximum absolute atomic E-state index is 8.89. The van der Waals surface area contributed by atoms with Crippen LogP contribution in [0.5, 0.6) is 5.75 Å². The van der Waals surface area contributed by atoms with Gasteiger partial charge in [-0.15, -0.1) is 0 Å². The number of hydrogen-bond donors (Lipinski definition) is 1. The molecule has 1 saturated carbocycles. The summed E-state index contributed by atoms with van der Waals surface area (Å²) in [7, 11) is 0. The molecule has 0 unspecified atom stereocenters. The molecule has 0 atom stereocenters. The molecule has 0 heterocycles. The molecule has 0 aliphatic heterocycles. The summed E-state index contributed by atoms with van der Waals surface area (Å²) in [6.45, 7) is 2.34. The average Bonchev–Trinajstić information content (AvgIpc) is 2.22. The van der Waals surface area contributed by atoms with Gasteiger partial charge in [0.15, 0.2) is 0 Å². The van der Waals surface area contributed by atoms with Crippen LogP contribution in [0.3, 0.4) is 0 Å². The highest BCUT2D eigenvalue weighted by atomic mass is 16.5. The molecular formula is C14H20O2. The maximum atomic E-state index is 8.89. The van der Waals surface area contributed by atoms with Crippen LogP contribution in [0.15, 0.2) is 18.2 Å². The number of aryl methyl sites for hydroxylation is 2. The van der Waals surface area contributed by atoms with Crippen molar-refractivity contribution in [2.45, 2.75) is 45.1 Å². The Morgan fingerprint density at radius 1 is 1.38 bits per heavy atom. The number of aliphatic hydroxyl groups excluding tert-OH is 1. The van der Waals surface area contributed by atoms with E-state index in [9.17, 15) is 0 Å².